The zero-order valence-corrected chi connectivity index (χ0v) is 11.1. The summed E-state index contributed by atoms with van der Waals surface area (Å²) >= 11 is 0. The van der Waals surface area contributed by atoms with Gasteiger partial charge in [0.25, 0.3) is 0 Å². The van der Waals surface area contributed by atoms with Gasteiger partial charge < -0.3 is 15.6 Å². The van der Waals surface area contributed by atoms with Crippen LogP contribution in [0.2, 0.25) is 0 Å². The lowest BCUT2D eigenvalue weighted by Gasteiger charge is -2.19. The van der Waals surface area contributed by atoms with Crippen LogP contribution < -0.4 is 5.73 Å². The fourth-order valence-electron chi connectivity index (χ4n) is 1.43. The molecule has 4 heteroatoms. The third-order valence-electron chi connectivity index (χ3n) is 2.65. The summed E-state index contributed by atoms with van der Waals surface area (Å²) in [5, 5.41) is 8.73. The second kappa shape index (κ2) is 5.98. The maximum Gasteiger partial charge on any atom is 0.338 e. The minimum absolute atomic E-state index is 0.0242. The molecule has 18 heavy (non-hydrogen) atoms. The van der Waals surface area contributed by atoms with Gasteiger partial charge in [-0.1, -0.05) is 32.9 Å². The maximum atomic E-state index is 11.7. The van der Waals surface area contributed by atoms with Crippen molar-refractivity contribution in [2.75, 3.05) is 13.2 Å². The van der Waals surface area contributed by atoms with Crippen LogP contribution in [0.1, 0.15) is 36.7 Å². The predicted molar refractivity (Wildman–Crippen MR) is 70.5 cm³/mol. The fraction of sp³-hybridized carbons (Fsp3) is 0.500. The molecule has 0 aliphatic heterocycles. The average molecular weight is 251 g/mol. The van der Waals surface area contributed by atoms with Gasteiger partial charge >= 0.3 is 5.97 Å². The van der Waals surface area contributed by atoms with Gasteiger partial charge in [0.05, 0.1) is 18.2 Å². The Balaban J connectivity index is 2.65. The van der Waals surface area contributed by atoms with E-state index in [1.54, 1.807) is 12.1 Å². The van der Waals surface area contributed by atoms with Gasteiger partial charge in [-0.2, -0.15) is 0 Å². The number of ether oxygens (including phenoxy) is 1. The molecule has 4 nitrogen and oxygen atoms in total. The summed E-state index contributed by atoms with van der Waals surface area (Å²) in [6, 6.07) is 6.80. The van der Waals surface area contributed by atoms with Crippen LogP contribution >= 0.6 is 0 Å². The van der Waals surface area contributed by atoms with Gasteiger partial charge in [-0.15, -0.1) is 0 Å². The van der Waals surface area contributed by atoms with Crippen molar-refractivity contribution in [2.45, 2.75) is 32.2 Å². The molecule has 0 saturated heterocycles. The fourth-order valence-corrected chi connectivity index (χ4v) is 1.43. The van der Waals surface area contributed by atoms with E-state index < -0.39 is 12.0 Å². The van der Waals surface area contributed by atoms with Gasteiger partial charge in [-0.3, -0.25) is 0 Å². The van der Waals surface area contributed by atoms with Crippen molar-refractivity contribution in [3.63, 3.8) is 0 Å². The van der Waals surface area contributed by atoms with Gasteiger partial charge in [-0.25, -0.2) is 4.79 Å². The smallest absolute Gasteiger partial charge is 0.338 e. The number of benzene rings is 1. The molecule has 0 spiro atoms. The molecule has 3 N–H and O–H groups in total. The van der Waals surface area contributed by atoms with Crippen molar-refractivity contribution in [2.24, 2.45) is 5.73 Å². The van der Waals surface area contributed by atoms with Crippen LogP contribution in [0.3, 0.4) is 0 Å². The number of hydrogen-bond donors (Lipinski definition) is 2. The minimum Gasteiger partial charge on any atom is -0.460 e. The third-order valence-corrected chi connectivity index (χ3v) is 2.65. The number of esters is 1. The van der Waals surface area contributed by atoms with E-state index in [4.69, 9.17) is 15.6 Å². The molecule has 0 amide bonds. The monoisotopic (exact) mass is 251 g/mol. The summed E-state index contributed by atoms with van der Waals surface area (Å²) < 4.78 is 4.98. The molecule has 1 atom stereocenters. The lowest BCUT2D eigenvalue weighted by Crippen LogP contribution is -2.31. The van der Waals surface area contributed by atoms with Crippen molar-refractivity contribution in [3.8, 4) is 0 Å². The lowest BCUT2D eigenvalue weighted by molar-refractivity contribution is 0.0454. The van der Waals surface area contributed by atoms with Gasteiger partial charge in [0, 0.05) is 0 Å². The number of nitrogens with two attached hydrogens (primary N) is 1. The van der Waals surface area contributed by atoms with E-state index >= 15 is 0 Å². The molecule has 0 fully saturated rings. The van der Waals surface area contributed by atoms with E-state index in [1.807, 2.05) is 12.1 Å². The van der Waals surface area contributed by atoms with E-state index in [2.05, 4.69) is 20.8 Å². The normalized spacial score (nSPS) is 13.2. The summed E-state index contributed by atoms with van der Waals surface area (Å²) in [7, 11) is 0. The Kier molecular flexibility index (Phi) is 4.87. The van der Waals surface area contributed by atoms with Gasteiger partial charge in [0.2, 0.25) is 0 Å². The third kappa shape index (κ3) is 4.13. The Morgan fingerprint density at radius 3 is 2.33 bits per heavy atom. The molecule has 0 aliphatic carbocycles. The van der Waals surface area contributed by atoms with Crippen LogP contribution in [0.15, 0.2) is 24.3 Å². The van der Waals surface area contributed by atoms with Crippen molar-refractivity contribution in [1.29, 1.82) is 0 Å². The van der Waals surface area contributed by atoms with Gasteiger partial charge in [0.1, 0.15) is 6.61 Å². The van der Waals surface area contributed by atoms with E-state index in [9.17, 15) is 4.79 Å². The van der Waals surface area contributed by atoms with Crippen molar-refractivity contribution in [1.82, 2.24) is 0 Å². The highest BCUT2D eigenvalue weighted by molar-refractivity contribution is 5.89. The molecule has 100 valence electrons. The standard InChI is InChI=1S/C14H21NO3/c1-14(2,3)11-6-4-10(5-7-11)13(17)18-9-12(15)8-16/h4-7,12,16H,8-9,15H2,1-3H3. The minimum atomic E-state index is -0.525. The first-order chi connectivity index (χ1) is 8.34. The van der Waals surface area contributed by atoms with Crippen LogP contribution in [-0.4, -0.2) is 30.3 Å². The quantitative estimate of drug-likeness (QED) is 0.795. The first-order valence-electron chi connectivity index (χ1n) is 5.98. The van der Waals surface area contributed by atoms with Crippen LogP contribution in [-0.2, 0) is 10.2 Å². The Morgan fingerprint density at radius 1 is 1.33 bits per heavy atom. The molecule has 0 aromatic heterocycles. The second-order valence-corrected chi connectivity index (χ2v) is 5.37. The highest BCUT2D eigenvalue weighted by atomic mass is 16.5. The second-order valence-electron chi connectivity index (χ2n) is 5.37. The summed E-state index contributed by atoms with van der Waals surface area (Å²) in [6.45, 7) is 6.16. The molecule has 1 unspecified atom stereocenters. The predicted octanol–water partition coefficient (Wildman–Crippen LogP) is 1.46. The first kappa shape index (κ1) is 14.7. The molecule has 0 radical (unpaired) electrons. The highest BCUT2D eigenvalue weighted by Gasteiger charge is 2.15. The molecular formula is C14H21NO3. The Labute approximate surface area is 108 Å². The van der Waals surface area contributed by atoms with Crippen LogP contribution in [0.5, 0.6) is 0 Å². The molecular weight excluding hydrogens is 230 g/mol. The lowest BCUT2D eigenvalue weighted by atomic mass is 9.87. The summed E-state index contributed by atoms with van der Waals surface area (Å²) in [5.41, 5.74) is 7.16. The van der Waals surface area contributed by atoms with E-state index in [0.29, 0.717) is 5.56 Å². The summed E-state index contributed by atoms with van der Waals surface area (Å²) in [5.74, 6) is -0.417. The van der Waals surface area contributed by atoms with E-state index in [-0.39, 0.29) is 18.6 Å². The number of carbonyl (C=O) groups is 1. The zero-order chi connectivity index (χ0) is 13.8. The van der Waals surface area contributed by atoms with Gasteiger partial charge in [0.15, 0.2) is 0 Å². The van der Waals surface area contributed by atoms with E-state index in [0.717, 1.165) is 5.56 Å². The van der Waals surface area contributed by atoms with E-state index in [1.165, 1.54) is 0 Å². The van der Waals surface area contributed by atoms with Crippen molar-refractivity contribution < 1.29 is 14.6 Å². The summed E-state index contributed by atoms with van der Waals surface area (Å²) in [6.07, 6.45) is 0. The number of rotatable bonds is 4. The van der Waals surface area contributed by atoms with Crippen molar-refractivity contribution >= 4 is 5.97 Å². The zero-order valence-electron chi connectivity index (χ0n) is 11.1. The average Bonchev–Trinajstić information content (AvgIpc) is 2.34. The maximum absolute atomic E-state index is 11.7. The Morgan fingerprint density at radius 2 is 1.89 bits per heavy atom. The number of aliphatic hydroxyl groups excluding tert-OH is 1. The largest absolute Gasteiger partial charge is 0.460 e. The molecule has 1 rings (SSSR count). The van der Waals surface area contributed by atoms with Crippen LogP contribution in [0, 0.1) is 0 Å². The number of carbonyl (C=O) groups excluding carboxylic acids is 1. The highest BCUT2D eigenvalue weighted by Crippen LogP contribution is 2.22. The molecule has 0 bridgehead atoms. The first-order valence-corrected chi connectivity index (χ1v) is 5.98. The molecule has 0 heterocycles. The molecule has 0 aliphatic rings. The Bertz CT molecular complexity index is 392. The van der Waals surface area contributed by atoms with Crippen molar-refractivity contribution in [3.05, 3.63) is 35.4 Å². The topological polar surface area (TPSA) is 72.5 Å². The number of hydrogen-bond acceptors (Lipinski definition) is 4. The SMILES string of the molecule is CC(C)(C)c1ccc(C(=O)OCC(N)CO)cc1. The number of aliphatic hydroxyl groups is 1. The molecule has 0 saturated carbocycles. The van der Waals surface area contributed by atoms with Crippen LogP contribution in [0.4, 0.5) is 0 Å². The van der Waals surface area contributed by atoms with Gasteiger partial charge in [-0.05, 0) is 23.1 Å². The Hall–Kier alpha value is -1.39. The summed E-state index contributed by atoms with van der Waals surface area (Å²) in [4.78, 5) is 11.7. The molecule has 1 aromatic rings. The van der Waals surface area contributed by atoms with Crippen LogP contribution in [0.25, 0.3) is 0 Å². The molecule has 1 aromatic carbocycles.